The summed E-state index contributed by atoms with van der Waals surface area (Å²) in [5.74, 6) is -1.25. The van der Waals surface area contributed by atoms with Gasteiger partial charge in [-0.05, 0) is 57.6 Å². The largest absolute Gasteiger partial charge is 0.496 e. The van der Waals surface area contributed by atoms with Crippen molar-refractivity contribution in [3.05, 3.63) is 65.9 Å². The number of carbonyl (C=O) groups excluding carboxylic acids is 5. The number of esters is 1. The quantitative estimate of drug-likeness (QED) is 0.207. The van der Waals surface area contributed by atoms with Gasteiger partial charge in [-0.1, -0.05) is 31.2 Å². The summed E-state index contributed by atoms with van der Waals surface area (Å²) in [5, 5.41) is 6.28. The first-order chi connectivity index (χ1) is 20.1. The second kappa shape index (κ2) is 16.7. The average Bonchev–Trinajstić information content (AvgIpc) is 3.43. The minimum absolute atomic E-state index is 0.0557. The van der Waals surface area contributed by atoms with Crippen molar-refractivity contribution in [1.82, 2.24) is 20.5 Å². The van der Waals surface area contributed by atoms with Gasteiger partial charge >= 0.3 is 5.97 Å². The number of hydrogen-bond acceptors (Lipinski definition) is 8. The van der Waals surface area contributed by atoms with Gasteiger partial charge in [0.25, 0.3) is 0 Å². The molecule has 3 N–H and O–H groups in total. The average molecular weight is 581 g/mol. The molecule has 0 fully saturated rings. The van der Waals surface area contributed by atoms with Gasteiger partial charge in [0.1, 0.15) is 5.75 Å². The van der Waals surface area contributed by atoms with Crippen LogP contribution in [0.4, 0.5) is 0 Å². The van der Waals surface area contributed by atoms with Gasteiger partial charge in [0.2, 0.25) is 11.8 Å². The Morgan fingerprint density at radius 1 is 1.00 bits per heavy atom. The first-order valence-electron chi connectivity index (χ1n) is 13.6. The lowest BCUT2D eigenvalue weighted by Gasteiger charge is -2.35. The zero-order valence-electron chi connectivity index (χ0n) is 24.9. The van der Waals surface area contributed by atoms with Crippen molar-refractivity contribution >= 4 is 40.8 Å². The van der Waals surface area contributed by atoms with Crippen LogP contribution in [0.1, 0.15) is 48.0 Å². The number of carbonyl (C=O) groups is 5. The maximum Gasteiger partial charge on any atom is 0.338 e. The maximum atomic E-state index is 13.0. The molecule has 0 aliphatic rings. The number of Topliss-reactive ketones (excluding diaryl/α,β-unsaturated/α-hetero) is 1. The van der Waals surface area contributed by atoms with Crippen LogP contribution in [0.5, 0.6) is 5.75 Å². The summed E-state index contributed by atoms with van der Waals surface area (Å²) < 4.78 is 10.3. The van der Waals surface area contributed by atoms with Crippen molar-refractivity contribution in [3.8, 4) is 5.75 Å². The fraction of sp³-hybridized carbons (Fsp3) is 0.387. The van der Waals surface area contributed by atoms with Gasteiger partial charge in [0, 0.05) is 29.9 Å². The van der Waals surface area contributed by atoms with Gasteiger partial charge in [-0.15, -0.1) is 0 Å². The Kier molecular flexibility index (Phi) is 13.4. The van der Waals surface area contributed by atoms with Gasteiger partial charge in [0.15, 0.2) is 18.7 Å². The number of fused-ring (bicyclic) bond motifs is 1. The molecule has 11 heteroatoms. The summed E-state index contributed by atoms with van der Waals surface area (Å²) >= 11 is 0. The molecule has 0 aliphatic carbocycles. The molecule has 2 amide bonds. The molecule has 2 atom stereocenters. The third-order valence-corrected chi connectivity index (χ3v) is 6.50. The van der Waals surface area contributed by atoms with Gasteiger partial charge in [-0.2, -0.15) is 0 Å². The monoisotopic (exact) mass is 580 g/mol. The molecule has 1 unspecified atom stereocenters. The van der Waals surface area contributed by atoms with Crippen molar-refractivity contribution < 1.29 is 33.4 Å². The molecule has 226 valence electrons. The molecule has 1 aromatic heterocycles. The molecule has 0 saturated carbocycles. The molecule has 0 saturated heterocycles. The Labute approximate surface area is 245 Å². The highest BCUT2D eigenvalue weighted by Gasteiger charge is 2.34. The highest BCUT2D eigenvalue weighted by Crippen LogP contribution is 2.25. The number of likely N-dealkylation sites (N-methyl/N-ethyl adjacent to an activating group) is 1. The van der Waals surface area contributed by atoms with Crippen LogP contribution in [-0.2, 0) is 19.1 Å². The van der Waals surface area contributed by atoms with Crippen molar-refractivity contribution in [1.29, 1.82) is 0 Å². The molecular formula is C31H40N4O7. The van der Waals surface area contributed by atoms with E-state index in [9.17, 15) is 24.0 Å². The number of amides is 2. The summed E-state index contributed by atoms with van der Waals surface area (Å²) in [7, 11) is 4.77. The first kappa shape index (κ1) is 33.7. The zero-order chi connectivity index (χ0) is 31.2. The van der Waals surface area contributed by atoms with Crippen LogP contribution >= 0.6 is 0 Å². The number of hydrogen-bond donors (Lipinski definition) is 3. The molecule has 11 nitrogen and oxygen atoms in total. The Bertz CT molecular complexity index is 1350. The lowest BCUT2D eigenvalue weighted by atomic mass is 9.95. The van der Waals surface area contributed by atoms with E-state index in [0.29, 0.717) is 11.3 Å². The van der Waals surface area contributed by atoms with E-state index < -0.39 is 30.3 Å². The third kappa shape index (κ3) is 9.27. The molecule has 0 spiro atoms. The number of ether oxygens (including phenoxy) is 2. The van der Waals surface area contributed by atoms with Crippen molar-refractivity contribution in [2.24, 2.45) is 5.92 Å². The number of nitrogens with zero attached hydrogens (tertiary/aromatic N) is 1. The lowest BCUT2D eigenvalue weighted by Crippen LogP contribution is -2.53. The minimum Gasteiger partial charge on any atom is -0.496 e. The molecule has 1 heterocycles. The van der Waals surface area contributed by atoms with Crippen molar-refractivity contribution in [2.75, 3.05) is 34.4 Å². The second-order valence-electron chi connectivity index (χ2n) is 9.86. The van der Waals surface area contributed by atoms with Crippen molar-refractivity contribution in [2.45, 2.75) is 39.3 Å². The van der Waals surface area contributed by atoms with E-state index in [0.717, 1.165) is 22.9 Å². The number of nitrogens with one attached hydrogen (secondary N) is 3. The summed E-state index contributed by atoms with van der Waals surface area (Å²) in [6.07, 6.45) is 0.925. The number of aldehydes is 1. The Morgan fingerprint density at radius 3 is 2.26 bits per heavy atom. The Balaban J connectivity index is 0.000000389. The van der Waals surface area contributed by atoms with Crippen LogP contribution in [0.25, 0.3) is 10.9 Å². The zero-order valence-corrected chi connectivity index (χ0v) is 24.9. The van der Waals surface area contributed by atoms with Crippen LogP contribution in [0.2, 0.25) is 0 Å². The van der Waals surface area contributed by atoms with Crippen LogP contribution in [0.3, 0.4) is 0 Å². The molecule has 0 aliphatic heterocycles. The van der Waals surface area contributed by atoms with Crippen molar-refractivity contribution in [3.63, 3.8) is 0 Å². The standard InChI is InChI=1S/C21H31N3O5.C10H9NO2/c1-14(2)24(19(26)12-22-4)17(11-15(3)20(27)23-5)18(25)13-29-21(28)16-9-7-6-8-10-16;1-13-10-4-2-3-9-8(10)5-7(6-12)11-9/h6-10,14-15,17,22H,11-13H2,1-5H3,(H,23,27);2-6,11H,1H3/t15-,17?;/m0./s1. The summed E-state index contributed by atoms with van der Waals surface area (Å²) in [5.41, 5.74) is 1.82. The van der Waals surface area contributed by atoms with Gasteiger partial charge in [-0.25, -0.2) is 4.79 Å². The molecule has 42 heavy (non-hydrogen) atoms. The predicted octanol–water partition coefficient (Wildman–Crippen LogP) is 3.00. The molecule has 0 radical (unpaired) electrons. The molecule has 3 rings (SSSR count). The number of benzene rings is 2. The normalized spacial score (nSPS) is 12.0. The van der Waals surface area contributed by atoms with E-state index in [4.69, 9.17) is 9.47 Å². The third-order valence-electron chi connectivity index (χ3n) is 6.50. The topological polar surface area (TPSA) is 147 Å². The lowest BCUT2D eigenvalue weighted by molar-refractivity contribution is -0.143. The van der Waals surface area contributed by atoms with E-state index in [-0.39, 0.29) is 30.8 Å². The van der Waals surface area contributed by atoms with Crippen LogP contribution < -0.4 is 15.4 Å². The Hall–Kier alpha value is -4.51. The predicted molar refractivity (Wildman–Crippen MR) is 160 cm³/mol. The van der Waals surface area contributed by atoms with Gasteiger partial charge in [0.05, 0.1) is 31.0 Å². The van der Waals surface area contributed by atoms with E-state index in [2.05, 4.69) is 15.6 Å². The van der Waals surface area contributed by atoms with E-state index in [1.54, 1.807) is 71.3 Å². The minimum atomic E-state index is -0.883. The SMILES string of the molecule is CNCC(=O)N(C(C)C)C(C[C@H](C)C(=O)NC)C(=O)COC(=O)c1ccccc1.COc1cccc2[nH]c(C=O)cc12. The smallest absolute Gasteiger partial charge is 0.338 e. The number of aromatic amines is 1. The number of methoxy groups -OCH3 is 1. The van der Waals surface area contributed by atoms with Crippen LogP contribution in [0.15, 0.2) is 54.6 Å². The molecule has 0 bridgehead atoms. The van der Waals surface area contributed by atoms with E-state index in [1.807, 2.05) is 18.2 Å². The fourth-order valence-corrected chi connectivity index (χ4v) is 4.43. The summed E-state index contributed by atoms with van der Waals surface area (Å²) in [6, 6.07) is 14.6. The summed E-state index contributed by atoms with van der Waals surface area (Å²) in [6.45, 7) is 4.87. The number of aromatic nitrogens is 1. The van der Waals surface area contributed by atoms with E-state index >= 15 is 0 Å². The maximum absolute atomic E-state index is 13.0. The van der Waals surface area contributed by atoms with Gasteiger partial charge in [-0.3, -0.25) is 19.2 Å². The molecule has 3 aromatic rings. The number of H-pyrrole nitrogens is 1. The highest BCUT2D eigenvalue weighted by molar-refractivity contribution is 5.95. The molecular weight excluding hydrogens is 540 g/mol. The summed E-state index contributed by atoms with van der Waals surface area (Å²) in [4.78, 5) is 64.6. The first-order valence-corrected chi connectivity index (χ1v) is 13.6. The molecule has 2 aromatic carbocycles. The second-order valence-corrected chi connectivity index (χ2v) is 9.86. The highest BCUT2D eigenvalue weighted by atomic mass is 16.5. The van der Waals surface area contributed by atoms with Crippen LogP contribution in [0, 0.1) is 5.92 Å². The Morgan fingerprint density at radius 2 is 1.69 bits per heavy atom. The van der Waals surface area contributed by atoms with Crippen LogP contribution in [-0.4, -0.2) is 86.2 Å². The fourth-order valence-electron chi connectivity index (χ4n) is 4.43. The van der Waals surface area contributed by atoms with Gasteiger partial charge < -0.3 is 30.0 Å². The van der Waals surface area contributed by atoms with E-state index in [1.165, 1.54) is 11.9 Å². The number of ketones is 1. The number of rotatable bonds is 13.